The molecule has 1 N–H and O–H groups in total. The summed E-state index contributed by atoms with van der Waals surface area (Å²) >= 11 is 0. The molecule has 5 rings (SSSR count). The first kappa shape index (κ1) is 30.3. The summed E-state index contributed by atoms with van der Waals surface area (Å²) < 4.78 is 42.3. The Kier molecular flexibility index (Phi) is 11.5. The number of hydrogen-bond acceptors (Lipinski definition) is 7. The SMILES string of the molecule is COCCCN1CCOc2ccc(CO[C@H]3CNCC[C@@H]3c3ccc(OCCOCCc4ccc(F)cc4)cc3)cc21. The normalized spacial score (nSPS) is 18.4. The van der Waals surface area contributed by atoms with Gasteiger partial charge in [-0.05, 0) is 78.9 Å². The Labute approximate surface area is 248 Å². The molecule has 2 heterocycles. The van der Waals surface area contributed by atoms with Gasteiger partial charge in [-0.1, -0.05) is 30.3 Å². The molecule has 0 saturated carbocycles. The topological polar surface area (TPSA) is 61.4 Å². The Morgan fingerprint density at radius 1 is 0.952 bits per heavy atom. The van der Waals surface area contributed by atoms with Crippen LogP contribution in [0.2, 0.25) is 0 Å². The molecule has 1 fully saturated rings. The smallest absolute Gasteiger partial charge is 0.142 e. The first-order valence-electron chi connectivity index (χ1n) is 15.1. The van der Waals surface area contributed by atoms with Gasteiger partial charge in [0.2, 0.25) is 0 Å². The van der Waals surface area contributed by atoms with Crippen LogP contribution in [0.1, 0.15) is 35.4 Å². The zero-order chi connectivity index (χ0) is 29.0. The molecule has 7 nitrogen and oxygen atoms in total. The van der Waals surface area contributed by atoms with Gasteiger partial charge in [0, 0.05) is 32.7 Å². The van der Waals surface area contributed by atoms with E-state index < -0.39 is 0 Å². The molecule has 1 saturated heterocycles. The number of benzene rings is 3. The molecule has 0 radical (unpaired) electrons. The third-order valence-corrected chi connectivity index (χ3v) is 7.90. The summed E-state index contributed by atoms with van der Waals surface area (Å²) in [6.45, 7) is 7.24. The lowest BCUT2D eigenvalue weighted by Gasteiger charge is -2.33. The van der Waals surface area contributed by atoms with Crippen molar-refractivity contribution in [1.82, 2.24) is 5.32 Å². The van der Waals surface area contributed by atoms with Crippen LogP contribution in [-0.4, -0.2) is 72.4 Å². The number of rotatable bonds is 15. The summed E-state index contributed by atoms with van der Waals surface area (Å²) in [5.41, 5.74) is 4.63. The molecule has 42 heavy (non-hydrogen) atoms. The summed E-state index contributed by atoms with van der Waals surface area (Å²) in [6.07, 6.45) is 2.86. The quantitative estimate of drug-likeness (QED) is 0.244. The van der Waals surface area contributed by atoms with Crippen LogP contribution in [0.25, 0.3) is 0 Å². The first-order valence-corrected chi connectivity index (χ1v) is 15.1. The van der Waals surface area contributed by atoms with Crippen LogP contribution in [0, 0.1) is 5.82 Å². The van der Waals surface area contributed by atoms with E-state index in [1.54, 1.807) is 19.2 Å². The molecule has 3 aromatic carbocycles. The van der Waals surface area contributed by atoms with Crippen molar-refractivity contribution >= 4 is 5.69 Å². The molecule has 226 valence electrons. The minimum atomic E-state index is -0.218. The van der Waals surface area contributed by atoms with Crippen LogP contribution in [0.5, 0.6) is 11.5 Å². The van der Waals surface area contributed by atoms with Gasteiger partial charge >= 0.3 is 0 Å². The average Bonchev–Trinajstić information content (AvgIpc) is 3.03. The largest absolute Gasteiger partial charge is 0.491 e. The molecule has 0 aromatic heterocycles. The monoisotopic (exact) mass is 578 g/mol. The maximum atomic E-state index is 13.0. The van der Waals surface area contributed by atoms with E-state index in [2.05, 4.69) is 40.5 Å². The number of nitrogens with zero attached hydrogens (tertiary/aromatic N) is 1. The zero-order valence-electron chi connectivity index (χ0n) is 24.6. The van der Waals surface area contributed by atoms with Crippen molar-refractivity contribution < 1.29 is 28.1 Å². The number of anilines is 1. The Balaban J connectivity index is 1.08. The second-order valence-corrected chi connectivity index (χ2v) is 10.8. The number of piperidine rings is 1. The lowest BCUT2D eigenvalue weighted by atomic mass is 9.87. The number of ether oxygens (including phenoxy) is 5. The van der Waals surface area contributed by atoms with E-state index in [1.807, 2.05) is 12.1 Å². The third-order valence-electron chi connectivity index (χ3n) is 7.90. The van der Waals surface area contributed by atoms with Gasteiger partial charge in [0.1, 0.15) is 30.5 Å². The Hall–Kier alpha value is -3.17. The fourth-order valence-electron chi connectivity index (χ4n) is 5.60. The highest BCUT2D eigenvalue weighted by Crippen LogP contribution is 2.34. The summed E-state index contributed by atoms with van der Waals surface area (Å²) in [5, 5.41) is 3.51. The molecule has 2 atom stereocenters. The molecule has 0 bridgehead atoms. The Bertz CT molecular complexity index is 1220. The minimum absolute atomic E-state index is 0.0881. The lowest BCUT2D eigenvalue weighted by Crippen LogP contribution is -2.41. The molecular formula is C34H43FN2O5. The summed E-state index contributed by atoms with van der Waals surface area (Å²) in [5.74, 6) is 1.88. The molecule has 8 heteroatoms. The maximum absolute atomic E-state index is 13.0. The highest BCUT2D eigenvalue weighted by atomic mass is 19.1. The lowest BCUT2D eigenvalue weighted by molar-refractivity contribution is 0.0106. The van der Waals surface area contributed by atoms with Crippen LogP contribution < -0.4 is 19.7 Å². The van der Waals surface area contributed by atoms with Gasteiger partial charge in [0.05, 0.1) is 38.2 Å². The van der Waals surface area contributed by atoms with E-state index in [4.69, 9.17) is 23.7 Å². The molecule has 2 aliphatic heterocycles. The van der Waals surface area contributed by atoms with Gasteiger partial charge in [0.15, 0.2) is 0 Å². The number of halogens is 1. The van der Waals surface area contributed by atoms with E-state index in [-0.39, 0.29) is 11.9 Å². The van der Waals surface area contributed by atoms with Gasteiger partial charge in [-0.25, -0.2) is 4.39 Å². The van der Waals surface area contributed by atoms with Crippen molar-refractivity contribution in [1.29, 1.82) is 0 Å². The Morgan fingerprint density at radius 2 is 1.79 bits per heavy atom. The predicted octanol–water partition coefficient (Wildman–Crippen LogP) is 5.36. The van der Waals surface area contributed by atoms with Crippen molar-refractivity contribution in [2.24, 2.45) is 0 Å². The van der Waals surface area contributed by atoms with Crippen LogP contribution >= 0.6 is 0 Å². The van der Waals surface area contributed by atoms with E-state index in [0.717, 1.165) is 80.4 Å². The van der Waals surface area contributed by atoms with Crippen LogP contribution in [-0.2, 0) is 27.2 Å². The standard InChI is InChI=1S/C34H43FN2O5/c1-38-18-2-16-37-17-20-41-33-12-5-27(23-32(33)37)25-42-34-24-36-15-13-31(34)28-6-10-30(11-7-28)40-22-21-39-19-14-26-3-8-29(35)9-4-26/h3-12,23,31,34,36H,2,13-22,24-25H2,1H3/t31-,34+/m1/s1. The van der Waals surface area contributed by atoms with Crippen molar-refractivity contribution in [3.63, 3.8) is 0 Å². The fourth-order valence-corrected chi connectivity index (χ4v) is 5.60. The van der Waals surface area contributed by atoms with Gasteiger partial charge in [-0.2, -0.15) is 0 Å². The van der Waals surface area contributed by atoms with Crippen molar-refractivity contribution in [3.05, 3.63) is 89.2 Å². The van der Waals surface area contributed by atoms with Crippen LogP contribution in [0.15, 0.2) is 66.7 Å². The second-order valence-electron chi connectivity index (χ2n) is 10.8. The van der Waals surface area contributed by atoms with Gasteiger partial charge in [-0.15, -0.1) is 0 Å². The van der Waals surface area contributed by atoms with E-state index in [1.165, 1.54) is 17.7 Å². The van der Waals surface area contributed by atoms with Crippen molar-refractivity contribution in [2.75, 3.05) is 71.2 Å². The minimum Gasteiger partial charge on any atom is -0.491 e. The molecule has 0 amide bonds. The zero-order valence-corrected chi connectivity index (χ0v) is 24.6. The molecule has 0 aliphatic carbocycles. The van der Waals surface area contributed by atoms with E-state index >= 15 is 0 Å². The van der Waals surface area contributed by atoms with Crippen LogP contribution in [0.3, 0.4) is 0 Å². The van der Waals surface area contributed by atoms with Gasteiger partial charge < -0.3 is 33.9 Å². The number of hydrogen-bond donors (Lipinski definition) is 1. The molecule has 0 unspecified atom stereocenters. The summed E-state index contributed by atoms with van der Waals surface area (Å²) in [7, 11) is 1.75. The second kappa shape index (κ2) is 15.9. The average molecular weight is 579 g/mol. The van der Waals surface area contributed by atoms with E-state index in [0.29, 0.717) is 39.0 Å². The van der Waals surface area contributed by atoms with Crippen LogP contribution in [0.4, 0.5) is 10.1 Å². The maximum Gasteiger partial charge on any atom is 0.142 e. The summed E-state index contributed by atoms with van der Waals surface area (Å²) in [6, 6.07) is 21.3. The molecule has 3 aromatic rings. The molecule has 2 aliphatic rings. The fraction of sp³-hybridized carbons (Fsp3) is 0.471. The molecule has 0 spiro atoms. The summed E-state index contributed by atoms with van der Waals surface area (Å²) in [4.78, 5) is 2.38. The highest BCUT2D eigenvalue weighted by molar-refractivity contribution is 5.61. The Morgan fingerprint density at radius 3 is 2.62 bits per heavy atom. The highest BCUT2D eigenvalue weighted by Gasteiger charge is 2.27. The number of nitrogens with one attached hydrogen (secondary N) is 1. The van der Waals surface area contributed by atoms with Gasteiger partial charge in [-0.3, -0.25) is 0 Å². The van der Waals surface area contributed by atoms with Crippen molar-refractivity contribution in [2.45, 2.75) is 37.9 Å². The number of fused-ring (bicyclic) bond motifs is 1. The number of methoxy groups -OCH3 is 1. The van der Waals surface area contributed by atoms with Crippen molar-refractivity contribution in [3.8, 4) is 11.5 Å². The third kappa shape index (κ3) is 8.67. The molecular weight excluding hydrogens is 535 g/mol. The van der Waals surface area contributed by atoms with E-state index in [9.17, 15) is 4.39 Å². The van der Waals surface area contributed by atoms with Gasteiger partial charge in [0.25, 0.3) is 0 Å². The predicted molar refractivity (Wildman–Crippen MR) is 162 cm³/mol. The first-order chi connectivity index (χ1) is 20.7.